The molecule has 144 valence electrons. The Morgan fingerprint density at radius 1 is 1.38 bits per heavy atom. The molecule has 26 heavy (non-hydrogen) atoms. The Balaban J connectivity index is 1.31. The Bertz CT molecular complexity index is 628. The normalized spacial score (nSPS) is 31.7. The fraction of sp³-hybridized carbons (Fsp3) is 0.824. The SMILES string of the molecule is CN(C)[C@@H]1[C@@H](NC(=O)c2cn(CCN3CCNCC3)nn2)[C@H]2CCO[C@H]21. The lowest BCUT2D eigenvalue weighted by molar-refractivity contribution is -0.0664. The molecule has 1 aromatic heterocycles. The van der Waals surface area contributed by atoms with Gasteiger partial charge in [-0.25, -0.2) is 0 Å². The first-order chi connectivity index (χ1) is 12.6. The van der Waals surface area contributed by atoms with Crippen molar-refractivity contribution >= 4 is 5.91 Å². The van der Waals surface area contributed by atoms with Gasteiger partial charge in [-0.1, -0.05) is 5.21 Å². The van der Waals surface area contributed by atoms with Crippen LogP contribution in [-0.2, 0) is 11.3 Å². The van der Waals surface area contributed by atoms with E-state index < -0.39 is 0 Å². The van der Waals surface area contributed by atoms with Gasteiger partial charge in [-0.3, -0.25) is 14.4 Å². The van der Waals surface area contributed by atoms with Gasteiger partial charge in [0.15, 0.2) is 5.69 Å². The second-order valence-corrected chi connectivity index (χ2v) is 7.70. The lowest BCUT2D eigenvalue weighted by atomic mass is 9.71. The van der Waals surface area contributed by atoms with Gasteiger partial charge >= 0.3 is 0 Å². The van der Waals surface area contributed by atoms with E-state index in [1.165, 1.54) is 0 Å². The summed E-state index contributed by atoms with van der Waals surface area (Å²) in [5.41, 5.74) is 0.394. The zero-order valence-corrected chi connectivity index (χ0v) is 15.6. The Morgan fingerprint density at radius 2 is 2.19 bits per heavy atom. The summed E-state index contributed by atoms with van der Waals surface area (Å²) < 4.78 is 7.57. The third-order valence-corrected chi connectivity index (χ3v) is 5.87. The number of fused-ring (bicyclic) bond motifs is 1. The Morgan fingerprint density at radius 3 is 2.96 bits per heavy atom. The minimum Gasteiger partial charge on any atom is -0.376 e. The number of likely N-dealkylation sites (N-methyl/N-ethyl adjacent to an activating group) is 1. The maximum Gasteiger partial charge on any atom is 0.273 e. The van der Waals surface area contributed by atoms with Crippen LogP contribution in [0, 0.1) is 5.92 Å². The highest BCUT2D eigenvalue weighted by molar-refractivity contribution is 5.92. The zero-order valence-electron chi connectivity index (χ0n) is 15.6. The molecule has 2 N–H and O–H groups in total. The average molecular weight is 363 g/mol. The van der Waals surface area contributed by atoms with Crippen molar-refractivity contribution in [2.24, 2.45) is 5.92 Å². The number of nitrogens with one attached hydrogen (secondary N) is 2. The Kier molecular flexibility index (Phi) is 5.21. The van der Waals surface area contributed by atoms with Gasteiger partial charge in [-0.15, -0.1) is 5.10 Å². The molecular weight excluding hydrogens is 334 g/mol. The Labute approximate surface area is 154 Å². The number of rotatable bonds is 6. The molecule has 0 radical (unpaired) electrons. The van der Waals surface area contributed by atoms with Crippen LogP contribution in [0.15, 0.2) is 6.20 Å². The molecule has 2 saturated heterocycles. The van der Waals surface area contributed by atoms with Gasteiger partial charge in [-0.05, 0) is 20.5 Å². The van der Waals surface area contributed by atoms with Gasteiger partial charge in [0, 0.05) is 45.2 Å². The van der Waals surface area contributed by atoms with E-state index in [0.29, 0.717) is 11.6 Å². The van der Waals surface area contributed by atoms with Gasteiger partial charge in [0.2, 0.25) is 0 Å². The highest BCUT2D eigenvalue weighted by atomic mass is 16.5. The van der Waals surface area contributed by atoms with Crippen LogP contribution in [0.2, 0.25) is 0 Å². The van der Waals surface area contributed by atoms with Gasteiger partial charge in [0.1, 0.15) is 0 Å². The summed E-state index contributed by atoms with van der Waals surface area (Å²) in [5.74, 6) is 0.273. The molecule has 0 bridgehead atoms. The van der Waals surface area contributed by atoms with E-state index >= 15 is 0 Å². The van der Waals surface area contributed by atoms with Gasteiger partial charge in [0.05, 0.1) is 30.9 Å². The molecule has 1 aliphatic carbocycles. The summed E-state index contributed by atoms with van der Waals surface area (Å²) in [7, 11) is 4.07. The minimum absolute atomic E-state index is 0.121. The second kappa shape index (κ2) is 7.59. The molecular formula is C17H29N7O2. The van der Waals surface area contributed by atoms with E-state index in [4.69, 9.17) is 4.74 Å². The van der Waals surface area contributed by atoms with Gasteiger partial charge in [0.25, 0.3) is 5.91 Å². The van der Waals surface area contributed by atoms with E-state index in [-0.39, 0.29) is 24.1 Å². The topological polar surface area (TPSA) is 87.6 Å². The maximum absolute atomic E-state index is 12.6. The number of hydrogen-bond donors (Lipinski definition) is 2. The first kappa shape index (κ1) is 17.8. The average Bonchev–Trinajstić information content (AvgIpc) is 3.26. The maximum atomic E-state index is 12.6. The number of carbonyl (C=O) groups is 1. The summed E-state index contributed by atoms with van der Waals surface area (Å²) in [6.45, 7) is 6.65. The second-order valence-electron chi connectivity index (χ2n) is 7.70. The van der Waals surface area contributed by atoms with Crippen molar-refractivity contribution in [3.8, 4) is 0 Å². The van der Waals surface area contributed by atoms with Crippen LogP contribution in [0.5, 0.6) is 0 Å². The monoisotopic (exact) mass is 363 g/mol. The van der Waals surface area contributed by atoms with Crippen LogP contribution < -0.4 is 10.6 Å². The molecule has 2 aliphatic heterocycles. The number of hydrogen-bond acceptors (Lipinski definition) is 7. The predicted octanol–water partition coefficient (Wildman–Crippen LogP) is -1.37. The molecule has 9 nitrogen and oxygen atoms in total. The first-order valence-corrected chi connectivity index (χ1v) is 9.55. The number of nitrogens with zero attached hydrogens (tertiary/aromatic N) is 5. The van der Waals surface area contributed by atoms with E-state index in [1.807, 2.05) is 14.1 Å². The fourth-order valence-corrected chi connectivity index (χ4v) is 4.40. The van der Waals surface area contributed by atoms with Crippen molar-refractivity contribution < 1.29 is 9.53 Å². The zero-order chi connectivity index (χ0) is 18.1. The molecule has 1 aromatic rings. The molecule has 3 aliphatic rings. The van der Waals surface area contributed by atoms with E-state index in [2.05, 4.69) is 30.7 Å². The third-order valence-electron chi connectivity index (χ3n) is 5.87. The standard InChI is InChI=1S/C17H29N7O2/c1-22(2)15-14(12-3-10-26-16(12)15)19-17(25)13-11-24(21-20-13)9-8-23-6-4-18-5-7-23/h11-12,14-16,18H,3-10H2,1-2H3,(H,19,25)/t12-,14+,15-,16-/m1/s1. The van der Waals surface area contributed by atoms with Gasteiger partial charge < -0.3 is 20.3 Å². The molecule has 3 fully saturated rings. The molecule has 9 heteroatoms. The van der Waals surface area contributed by atoms with Crippen molar-refractivity contribution in [3.05, 3.63) is 11.9 Å². The van der Waals surface area contributed by atoms with Crippen molar-refractivity contribution in [2.45, 2.75) is 31.2 Å². The molecule has 4 rings (SSSR count). The van der Waals surface area contributed by atoms with E-state index in [9.17, 15) is 4.79 Å². The summed E-state index contributed by atoms with van der Waals surface area (Å²) in [4.78, 5) is 17.2. The lowest BCUT2D eigenvalue weighted by Gasteiger charge is -2.50. The number of piperazine rings is 1. The fourth-order valence-electron chi connectivity index (χ4n) is 4.40. The van der Waals surface area contributed by atoms with Crippen molar-refractivity contribution in [2.75, 3.05) is 53.4 Å². The van der Waals surface area contributed by atoms with Crippen LogP contribution in [0.1, 0.15) is 16.9 Å². The molecule has 0 unspecified atom stereocenters. The highest BCUT2D eigenvalue weighted by Gasteiger charge is 2.55. The molecule has 0 aromatic carbocycles. The van der Waals surface area contributed by atoms with Crippen LogP contribution >= 0.6 is 0 Å². The molecule has 4 atom stereocenters. The lowest BCUT2D eigenvalue weighted by Crippen LogP contribution is -2.69. The predicted molar refractivity (Wildman–Crippen MR) is 95.9 cm³/mol. The summed E-state index contributed by atoms with van der Waals surface area (Å²) in [6.07, 6.45) is 3.01. The van der Waals surface area contributed by atoms with E-state index in [1.54, 1.807) is 10.9 Å². The molecule has 0 spiro atoms. The largest absolute Gasteiger partial charge is 0.376 e. The number of ether oxygens (including phenoxy) is 1. The van der Waals surface area contributed by atoms with Gasteiger partial charge in [-0.2, -0.15) is 0 Å². The molecule has 1 amide bonds. The van der Waals surface area contributed by atoms with Crippen molar-refractivity contribution in [1.82, 2.24) is 35.4 Å². The summed E-state index contributed by atoms with van der Waals surface area (Å²) >= 11 is 0. The third kappa shape index (κ3) is 3.48. The smallest absolute Gasteiger partial charge is 0.273 e. The number of aromatic nitrogens is 3. The van der Waals surface area contributed by atoms with Crippen molar-refractivity contribution in [1.29, 1.82) is 0 Å². The highest BCUT2D eigenvalue weighted by Crippen LogP contribution is 2.41. The minimum atomic E-state index is -0.138. The quantitative estimate of drug-likeness (QED) is 0.645. The van der Waals surface area contributed by atoms with Crippen LogP contribution in [0.4, 0.5) is 0 Å². The summed E-state index contributed by atoms with van der Waals surface area (Å²) in [6, 6.07) is 0.352. The van der Waals surface area contributed by atoms with Crippen LogP contribution in [0.25, 0.3) is 0 Å². The Hall–Kier alpha value is -1.55. The number of amides is 1. The summed E-state index contributed by atoms with van der Waals surface area (Å²) in [5, 5.41) is 14.7. The van der Waals surface area contributed by atoms with Crippen molar-refractivity contribution in [3.63, 3.8) is 0 Å². The van der Waals surface area contributed by atoms with Crippen LogP contribution in [0.3, 0.4) is 0 Å². The number of carbonyl (C=O) groups excluding carboxylic acids is 1. The van der Waals surface area contributed by atoms with Crippen LogP contribution in [-0.4, -0.2) is 102 Å². The first-order valence-electron chi connectivity index (χ1n) is 9.55. The molecule has 1 saturated carbocycles. The molecule has 3 heterocycles. The van der Waals surface area contributed by atoms with E-state index in [0.717, 1.165) is 52.3 Å².